The average Bonchev–Trinajstić information content (AvgIpc) is 3.58. The molecule has 192 valence electrons. The fourth-order valence-corrected chi connectivity index (χ4v) is 6.57. The van der Waals surface area contributed by atoms with Gasteiger partial charge in [0.15, 0.2) is 5.13 Å². The number of oxime groups is 1. The molecule has 4 N–H and O–H groups in total. The molecule has 2 amide bonds. The Morgan fingerprint density at radius 3 is 2.95 bits per heavy atom. The van der Waals surface area contributed by atoms with Crippen LogP contribution in [0.5, 0.6) is 0 Å². The number of amides is 2. The molecule has 1 fully saturated rings. The normalized spacial score (nSPS) is 19.5. The number of nitrogens with two attached hydrogens (primary N) is 1. The number of nitrogens with one attached hydrogen (secondary N) is 1. The fourth-order valence-electron chi connectivity index (χ4n) is 4.03. The van der Waals surface area contributed by atoms with Crippen LogP contribution >= 0.6 is 34.6 Å². The maximum Gasteiger partial charge on any atom is 0.352 e. The van der Waals surface area contributed by atoms with Crippen LogP contribution in [-0.2, 0) is 25.8 Å². The van der Waals surface area contributed by atoms with E-state index in [4.69, 9.17) is 10.6 Å². The molecular weight excluding hydrogens is 544 g/mol. The number of aliphatic carboxylic acids is 1. The number of nitrogen functional groups attached to an aromatic ring is 1. The molecule has 0 aliphatic carbocycles. The van der Waals surface area contributed by atoms with Crippen LogP contribution in [0.3, 0.4) is 0 Å². The minimum Gasteiger partial charge on any atom is -0.477 e. The van der Waals surface area contributed by atoms with Crippen molar-refractivity contribution in [2.75, 3.05) is 18.1 Å². The van der Waals surface area contributed by atoms with E-state index < -0.39 is 29.2 Å². The summed E-state index contributed by atoms with van der Waals surface area (Å²) in [5.74, 6) is -2.01. The van der Waals surface area contributed by atoms with E-state index in [1.54, 1.807) is 28.3 Å². The van der Waals surface area contributed by atoms with Crippen molar-refractivity contribution in [3.8, 4) is 0 Å². The lowest BCUT2D eigenvalue weighted by Crippen LogP contribution is -2.71. The van der Waals surface area contributed by atoms with Gasteiger partial charge < -0.3 is 21.0 Å². The molecule has 0 saturated carbocycles. The van der Waals surface area contributed by atoms with Gasteiger partial charge in [0, 0.05) is 28.2 Å². The third kappa shape index (κ3) is 4.34. The number of imidazole rings is 1. The van der Waals surface area contributed by atoms with E-state index in [9.17, 15) is 24.3 Å². The molecule has 3 aromatic heterocycles. The number of thiazole rings is 1. The highest BCUT2D eigenvalue weighted by molar-refractivity contribution is 8.00. The number of thioether (sulfide) groups is 1. The van der Waals surface area contributed by atoms with Gasteiger partial charge in [-0.05, 0) is 6.92 Å². The van der Waals surface area contributed by atoms with E-state index in [1.807, 2.05) is 5.38 Å². The van der Waals surface area contributed by atoms with Crippen molar-refractivity contribution in [1.29, 1.82) is 0 Å². The summed E-state index contributed by atoms with van der Waals surface area (Å²) < 4.78 is 7.34. The maximum atomic E-state index is 13.1. The number of β-lactam (4-membered cyclic amide) rings is 1. The lowest BCUT2D eigenvalue weighted by molar-refractivity contribution is -0.688. The lowest BCUT2D eigenvalue weighted by atomic mass is 10.0. The van der Waals surface area contributed by atoms with Crippen molar-refractivity contribution in [2.45, 2.75) is 24.9 Å². The van der Waals surface area contributed by atoms with Crippen LogP contribution in [-0.4, -0.2) is 77.3 Å². The topological polar surface area (TPSA) is 185 Å². The van der Waals surface area contributed by atoms with E-state index in [2.05, 4.69) is 19.8 Å². The number of carboxylic acids is 1. The summed E-state index contributed by atoms with van der Waals surface area (Å²) in [7, 11) is 0. The first kappa shape index (κ1) is 24.8. The number of anilines is 1. The van der Waals surface area contributed by atoms with Crippen molar-refractivity contribution in [3.63, 3.8) is 0 Å². The molecule has 0 bridgehead atoms. The Hall–Kier alpha value is -3.83. The van der Waals surface area contributed by atoms with Crippen molar-refractivity contribution in [2.24, 2.45) is 5.16 Å². The first-order valence-electron chi connectivity index (χ1n) is 10.8. The number of fused-ring (bicyclic) bond motifs is 2. The van der Waals surface area contributed by atoms with E-state index in [0.717, 1.165) is 21.3 Å². The van der Waals surface area contributed by atoms with Crippen LogP contribution < -0.4 is 15.6 Å². The monoisotopic (exact) mass is 563 g/mol. The molecular formula is C20H19N8O6S3+. The summed E-state index contributed by atoms with van der Waals surface area (Å²) in [5, 5.41) is 17.6. The molecule has 2 atom stereocenters. The van der Waals surface area contributed by atoms with Gasteiger partial charge >= 0.3 is 11.8 Å². The summed E-state index contributed by atoms with van der Waals surface area (Å²) in [4.78, 5) is 60.8. The lowest BCUT2D eigenvalue weighted by Gasteiger charge is -2.49. The second-order valence-corrected chi connectivity index (χ2v) is 10.6. The molecule has 37 heavy (non-hydrogen) atoms. The van der Waals surface area contributed by atoms with Crippen LogP contribution in [0.4, 0.5) is 5.13 Å². The minimum atomic E-state index is -1.27. The Balaban J connectivity index is 1.38. The highest BCUT2D eigenvalue weighted by atomic mass is 32.2. The second-order valence-electron chi connectivity index (χ2n) is 7.78. The average molecular weight is 564 g/mol. The van der Waals surface area contributed by atoms with Gasteiger partial charge in [-0.2, -0.15) is 13.8 Å². The molecule has 0 radical (unpaired) electrons. The molecule has 0 unspecified atom stereocenters. The molecule has 5 heterocycles. The van der Waals surface area contributed by atoms with Gasteiger partial charge in [0.25, 0.3) is 11.8 Å². The minimum absolute atomic E-state index is 0.0442. The van der Waals surface area contributed by atoms with Gasteiger partial charge in [-0.3, -0.25) is 19.3 Å². The predicted molar refractivity (Wildman–Crippen MR) is 133 cm³/mol. The first-order valence-corrected chi connectivity index (χ1v) is 13.5. The summed E-state index contributed by atoms with van der Waals surface area (Å²) in [5.41, 5.74) is 5.68. The van der Waals surface area contributed by atoms with Gasteiger partial charge in [0.1, 0.15) is 42.7 Å². The SMILES string of the molecule is CCO/N=C(\C(=O)N[C@@H]1C(=O)N2C(C(=O)O)=C(C[n+]3cc4sccn4c3C=O)CS[C@H]12)c1nsc(N)n1. The van der Waals surface area contributed by atoms with E-state index in [0.29, 0.717) is 17.7 Å². The number of hydrogen-bond donors (Lipinski definition) is 3. The summed E-state index contributed by atoms with van der Waals surface area (Å²) >= 11 is 3.62. The summed E-state index contributed by atoms with van der Waals surface area (Å²) in [6.45, 7) is 1.98. The Morgan fingerprint density at radius 1 is 1.46 bits per heavy atom. The number of aldehydes is 1. The van der Waals surface area contributed by atoms with E-state index in [1.165, 1.54) is 23.1 Å². The van der Waals surface area contributed by atoms with Crippen molar-refractivity contribution >= 4 is 74.4 Å². The van der Waals surface area contributed by atoms with E-state index in [-0.39, 0.29) is 41.3 Å². The molecule has 0 aromatic carbocycles. The zero-order valence-electron chi connectivity index (χ0n) is 19.1. The molecule has 5 rings (SSSR count). The Morgan fingerprint density at radius 2 is 2.27 bits per heavy atom. The van der Waals surface area contributed by atoms with Crippen LogP contribution in [0, 0.1) is 0 Å². The van der Waals surface area contributed by atoms with E-state index >= 15 is 0 Å². The highest BCUT2D eigenvalue weighted by Gasteiger charge is 2.54. The number of hydrogen-bond acceptors (Lipinski definition) is 12. The zero-order valence-corrected chi connectivity index (χ0v) is 21.5. The quantitative estimate of drug-likeness (QED) is 0.103. The van der Waals surface area contributed by atoms with Gasteiger partial charge in [-0.25, -0.2) is 9.36 Å². The molecule has 2 aliphatic heterocycles. The molecule has 14 nitrogen and oxygen atoms in total. The summed E-state index contributed by atoms with van der Waals surface area (Å²) in [6.07, 6.45) is 4.21. The van der Waals surface area contributed by atoms with Gasteiger partial charge in [0.05, 0.1) is 0 Å². The fraction of sp³-hybridized carbons (Fsp3) is 0.300. The van der Waals surface area contributed by atoms with Crippen molar-refractivity contribution in [1.82, 2.24) is 24.0 Å². The molecule has 3 aromatic rings. The number of rotatable bonds is 9. The molecule has 17 heteroatoms. The Bertz CT molecular complexity index is 1490. The Labute approximate surface area is 220 Å². The van der Waals surface area contributed by atoms with Gasteiger partial charge in [0.2, 0.25) is 22.7 Å². The van der Waals surface area contributed by atoms with Crippen LogP contribution in [0.1, 0.15) is 23.4 Å². The number of carbonyl (C=O) groups excluding carboxylic acids is 3. The van der Waals surface area contributed by atoms with Crippen LogP contribution in [0.2, 0.25) is 0 Å². The van der Waals surface area contributed by atoms with Crippen LogP contribution in [0.25, 0.3) is 4.83 Å². The predicted octanol–water partition coefficient (Wildman–Crippen LogP) is -0.286. The second kappa shape index (κ2) is 9.91. The van der Waals surface area contributed by atoms with Crippen molar-refractivity contribution in [3.05, 3.63) is 40.7 Å². The largest absolute Gasteiger partial charge is 0.477 e. The third-order valence-electron chi connectivity index (χ3n) is 5.60. The number of carboxylic acid groups (broad SMARTS) is 1. The first-order chi connectivity index (χ1) is 17.8. The number of nitrogens with zero attached hydrogens (tertiary/aromatic N) is 6. The zero-order chi connectivity index (χ0) is 26.3. The van der Waals surface area contributed by atoms with Gasteiger partial charge in [-0.1, -0.05) is 16.5 Å². The number of carbonyl (C=O) groups is 4. The standard InChI is InChI=1S/C20H18N8O6S3/c1-2-34-24-12(15-23-20(21)37-25-15)16(30)22-13-17(31)28-14(19(32)33)9(8-36-18(13)28)5-26-6-11-27(3-4-35-11)10(26)7-29/h3-4,6-7,13,18H,2,5,8H2,1H3,(H3-,21,22,23,25,30,32,33)/p+1/b24-12-/t13-,18-/m1/s1. The third-order valence-corrected chi connectivity index (χ3v) is 8.28. The maximum absolute atomic E-state index is 13.1. The molecule has 0 spiro atoms. The Kier molecular flexibility index (Phi) is 6.65. The highest BCUT2D eigenvalue weighted by Crippen LogP contribution is 2.40. The molecule has 2 aliphatic rings. The van der Waals surface area contributed by atoms with Gasteiger partial charge in [-0.15, -0.1) is 11.8 Å². The van der Waals surface area contributed by atoms with Crippen LogP contribution in [0.15, 0.2) is 34.2 Å². The molecule has 1 saturated heterocycles. The summed E-state index contributed by atoms with van der Waals surface area (Å²) in [6, 6.07) is -0.991. The van der Waals surface area contributed by atoms with Crippen molar-refractivity contribution < 1.29 is 33.7 Å². The number of aromatic nitrogens is 4. The smallest absolute Gasteiger partial charge is 0.352 e.